The molecule has 116 valence electrons. The maximum atomic E-state index is 13.4. The first-order chi connectivity index (χ1) is 10.5. The molecule has 0 aliphatic rings. The number of rotatable bonds is 6. The summed E-state index contributed by atoms with van der Waals surface area (Å²) in [6.07, 6.45) is 0.349. The summed E-state index contributed by atoms with van der Waals surface area (Å²) in [4.78, 5) is 11.9. The molecule has 0 saturated heterocycles. The van der Waals surface area contributed by atoms with Crippen molar-refractivity contribution in [3.63, 3.8) is 0 Å². The van der Waals surface area contributed by atoms with Crippen molar-refractivity contribution in [2.24, 2.45) is 0 Å². The van der Waals surface area contributed by atoms with Gasteiger partial charge in [0, 0.05) is 30.8 Å². The lowest BCUT2D eigenvalue weighted by molar-refractivity contribution is -0.116. The largest absolute Gasteiger partial charge is 0.326 e. The Labute approximate surface area is 130 Å². The number of benzene rings is 2. The second kappa shape index (κ2) is 7.71. The molecule has 4 heteroatoms. The third-order valence-electron chi connectivity index (χ3n) is 3.31. The van der Waals surface area contributed by atoms with E-state index >= 15 is 0 Å². The number of halogens is 1. The van der Waals surface area contributed by atoms with Gasteiger partial charge in [-0.05, 0) is 43.2 Å². The van der Waals surface area contributed by atoms with Crippen LogP contribution >= 0.6 is 0 Å². The molecule has 2 aromatic carbocycles. The molecular weight excluding hydrogens is 279 g/mol. The SMILES string of the molecule is Cc1cc(C)cc(NC(=O)CCNCc2ccccc2F)c1. The number of carbonyl (C=O) groups is 1. The van der Waals surface area contributed by atoms with Crippen LogP contribution in [0.5, 0.6) is 0 Å². The Hall–Kier alpha value is -2.20. The van der Waals surface area contributed by atoms with E-state index in [2.05, 4.69) is 16.7 Å². The van der Waals surface area contributed by atoms with Crippen molar-refractivity contribution in [2.45, 2.75) is 26.8 Å². The van der Waals surface area contributed by atoms with E-state index in [1.54, 1.807) is 18.2 Å². The minimum absolute atomic E-state index is 0.0500. The minimum atomic E-state index is -0.227. The molecule has 2 N–H and O–H groups in total. The molecule has 0 aliphatic carbocycles. The van der Waals surface area contributed by atoms with E-state index in [-0.39, 0.29) is 11.7 Å². The van der Waals surface area contributed by atoms with Crippen LogP contribution in [0.4, 0.5) is 10.1 Å². The fraction of sp³-hybridized carbons (Fsp3) is 0.278. The molecule has 0 aliphatic heterocycles. The Balaban J connectivity index is 1.75. The number of hydrogen-bond acceptors (Lipinski definition) is 2. The van der Waals surface area contributed by atoms with E-state index in [4.69, 9.17) is 0 Å². The first-order valence-corrected chi connectivity index (χ1v) is 7.37. The summed E-state index contributed by atoms with van der Waals surface area (Å²) in [7, 11) is 0. The highest BCUT2D eigenvalue weighted by molar-refractivity contribution is 5.91. The van der Waals surface area contributed by atoms with Crippen molar-refractivity contribution < 1.29 is 9.18 Å². The van der Waals surface area contributed by atoms with Crippen LogP contribution in [0.2, 0.25) is 0 Å². The molecule has 0 unspecified atom stereocenters. The Morgan fingerprint density at radius 3 is 2.45 bits per heavy atom. The number of carbonyl (C=O) groups excluding carboxylic acids is 1. The Morgan fingerprint density at radius 1 is 1.09 bits per heavy atom. The van der Waals surface area contributed by atoms with Crippen molar-refractivity contribution in [3.8, 4) is 0 Å². The van der Waals surface area contributed by atoms with E-state index in [9.17, 15) is 9.18 Å². The van der Waals surface area contributed by atoms with Crippen LogP contribution in [0.3, 0.4) is 0 Å². The smallest absolute Gasteiger partial charge is 0.225 e. The summed E-state index contributed by atoms with van der Waals surface area (Å²) < 4.78 is 13.4. The number of aryl methyl sites for hydroxylation is 2. The zero-order valence-corrected chi connectivity index (χ0v) is 12.9. The number of nitrogens with one attached hydrogen (secondary N) is 2. The van der Waals surface area contributed by atoms with Gasteiger partial charge >= 0.3 is 0 Å². The first-order valence-electron chi connectivity index (χ1n) is 7.37. The topological polar surface area (TPSA) is 41.1 Å². The Bertz CT molecular complexity index is 635. The van der Waals surface area contributed by atoms with Crippen LogP contribution in [0, 0.1) is 19.7 Å². The molecular formula is C18H21FN2O. The van der Waals surface area contributed by atoms with Gasteiger partial charge in [-0.1, -0.05) is 24.3 Å². The maximum Gasteiger partial charge on any atom is 0.225 e. The van der Waals surface area contributed by atoms with Gasteiger partial charge in [0.1, 0.15) is 5.82 Å². The molecule has 0 radical (unpaired) electrons. The van der Waals surface area contributed by atoms with Crippen molar-refractivity contribution in [3.05, 3.63) is 65.0 Å². The lowest BCUT2D eigenvalue weighted by Gasteiger charge is -2.08. The second-order valence-corrected chi connectivity index (χ2v) is 5.44. The van der Waals surface area contributed by atoms with Gasteiger partial charge in [0.2, 0.25) is 5.91 Å². The predicted molar refractivity (Wildman–Crippen MR) is 87.3 cm³/mol. The highest BCUT2D eigenvalue weighted by Crippen LogP contribution is 2.13. The third kappa shape index (κ3) is 4.97. The van der Waals surface area contributed by atoms with E-state index in [0.717, 1.165) is 16.8 Å². The molecule has 22 heavy (non-hydrogen) atoms. The standard InChI is InChI=1S/C18H21FN2O/c1-13-9-14(2)11-16(10-13)21-18(22)7-8-20-12-15-5-3-4-6-17(15)19/h3-6,9-11,20H,7-8,12H2,1-2H3,(H,21,22). The average Bonchev–Trinajstić information content (AvgIpc) is 2.44. The normalized spacial score (nSPS) is 10.5. The van der Waals surface area contributed by atoms with E-state index in [0.29, 0.717) is 25.1 Å². The minimum Gasteiger partial charge on any atom is -0.326 e. The monoisotopic (exact) mass is 300 g/mol. The second-order valence-electron chi connectivity index (χ2n) is 5.44. The lowest BCUT2D eigenvalue weighted by atomic mass is 10.1. The number of hydrogen-bond donors (Lipinski definition) is 2. The quantitative estimate of drug-likeness (QED) is 0.801. The van der Waals surface area contributed by atoms with Crippen LogP contribution in [0.15, 0.2) is 42.5 Å². The van der Waals surface area contributed by atoms with Gasteiger partial charge in [-0.25, -0.2) is 4.39 Å². The van der Waals surface area contributed by atoms with Crippen LogP contribution < -0.4 is 10.6 Å². The van der Waals surface area contributed by atoms with Gasteiger partial charge < -0.3 is 10.6 Å². The van der Waals surface area contributed by atoms with E-state index in [1.807, 2.05) is 26.0 Å². The summed E-state index contributed by atoms with van der Waals surface area (Å²) >= 11 is 0. The molecule has 3 nitrogen and oxygen atoms in total. The molecule has 0 spiro atoms. The van der Waals surface area contributed by atoms with Crippen molar-refractivity contribution in [1.82, 2.24) is 5.32 Å². The van der Waals surface area contributed by atoms with Crippen LogP contribution in [-0.2, 0) is 11.3 Å². The zero-order chi connectivity index (χ0) is 15.9. The predicted octanol–water partition coefficient (Wildman–Crippen LogP) is 3.56. The highest BCUT2D eigenvalue weighted by Gasteiger charge is 2.04. The summed E-state index contributed by atoms with van der Waals surface area (Å²) in [6, 6.07) is 12.6. The number of amides is 1. The van der Waals surface area contributed by atoms with Crippen molar-refractivity contribution >= 4 is 11.6 Å². The van der Waals surface area contributed by atoms with Crippen LogP contribution in [0.1, 0.15) is 23.1 Å². The molecule has 0 aromatic heterocycles. The Kier molecular flexibility index (Phi) is 5.67. The van der Waals surface area contributed by atoms with Gasteiger partial charge in [-0.2, -0.15) is 0 Å². The zero-order valence-electron chi connectivity index (χ0n) is 12.9. The van der Waals surface area contributed by atoms with Gasteiger partial charge in [0.05, 0.1) is 0 Å². The molecule has 0 saturated carbocycles. The average molecular weight is 300 g/mol. The lowest BCUT2D eigenvalue weighted by Crippen LogP contribution is -2.22. The van der Waals surface area contributed by atoms with Crippen molar-refractivity contribution in [2.75, 3.05) is 11.9 Å². The highest BCUT2D eigenvalue weighted by atomic mass is 19.1. The summed E-state index contributed by atoms with van der Waals surface area (Å²) in [5, 5.41) is 5.96. The molecule has 0 atom stereocenters. The van der Waals surface area contributed by atoms with Gasteiger partial charge in [0.25, 0.3) is 0 Å². The summed E-state index contributed by atoms with van der Waals surface area (Å²) in [6.45, 7) is 4.92. The molecule has 0 bridgehead atoms. The molecule has 1 amide bonds. The van der Waals surface area contributed by atoms with Gasteiger partial charge in [0.15, 0.2) is 0 Å². The first kappa shape index (κ1) is 16.2. The Morgan fingerprint density at radius 2 is 1.77 bits per heavy atom. The van der Waals surface area contributed by atoms with Gasteiger partial charge in [-0.3, -0.25) is 4.79 Å². The molecule has 2 aromatic rings. The van der Waals surface area contributed by atoms with E-state index in [1.165, 1.54) is 6.07 Å². The maximum absolute atomic E-state index is 13.4. The van der Waals surface area contributed by atoms with E-state index < -0.39 is 0 Å². The fourth-order valence-corrected chi connectivity index (χ4v) is 2.34. The number of anilines is 1. The van der Waals surface area contributed by atoms with Crippen LogP contribution in [0.25, 0.3) is 0 Å². The summed E-state index contributed by atoms with van der Waals surface area (Å²) in [5.74, 6) is -0.277. The van der Waals surface area contributed by atoms with Gasteiger partial charge in [-0.15, -0.1) is 0 Å². The molecule has 2 rings (SSSR count). The van der Waals surface area contributed by atoms with Crippen LogP contribution in [-0.4, -0.2) is 12.5 Å². The van der Waals surface area contributed by atoms with Crippen molar-refractivity contribution in [1.29, 1.82) is 0 Å². The molecule has 0 fully saturated rings. The molecule has 0 heterocycles. The third-order valence-corrected chi connectivity index (χ3v) is 3.31. The fourth-order valence-electron chi connectivity index (χ4n) is 2.34. The summed E-state index contributed by atoms with van der Waals surface area (Å²) in [5.41, 5.74) is 3.66.